The Morgan fingerprint density at radius 2 is 2.12 bits per heavy atom. The van der Waals surface area contributed by atoms with Crippen LogP contribution in [0.25, 0.3) is 0 Å². The second kappa shape index (κ2) is 4.87. The molecule has 92 valence electrons. The van der Waals surface area contributed by atoms with Crippen molar-refractivity contribution in [1.29, 1.82) is 0 Å². The number of benzene rings is 1. The van der Waals surface area contributed by atoms with Crippen LogP contribution in [0.5, 0.6) is 5.75 Å². The molecule has 0 spiro atoms. The summed E-state index contributed by atoms with van der Waals surface area (Å²) in [6.07, 6.45) is 4.74. The maximum atomic E-state index is 6.26. The van der Waals surface area contributed by atoms with Crippen LogP contribution >= 0.6 is 11.6 Å². The van der Waals surface area contributed by atoms with E-state index >= 15 is 0 Å². The fourth-order valence-corrected chi connectivity index (χ4v) is 3.18. The molecule has 1 aromatic rings. The van der Waals surface area contributed by atoms with Crippen molar-refractivity contribution in [3.05, 3.63) is 28.3 Å². The van der Waals surface area contributed by atoms with Gasteiger partial charge in [0.2, 0.25) is 0 Å². The maximum Gasteiger partial charge on any atom is 0.141 e. The number of hydrogen-bond acceptors (Lipinski definition) is 2. The Balaban J connectivity index is 1.76. The summed E-state index contributed by atoms with van der Waals surface area (Å²) in [6.45, 7) is 3.10. The molecule has 0 aliphatic carbocycles. The number of fused-ring (bicyclic) bond motifs is 1. The Kier molecular flexibility index (Phi) is 3.26. The van der Waals surface area contributed by atoms with E-state index in [1.165, 1.54) is 24.0 Å². The molecule has 0 radical (unpaired) electrons. The molecule has 1 N–H and O–H groups in total. The van der Waals surface area contributed by atoms with Gasteiger partial charge in [0.25, 0.3) is 0 Å². The van der Waals surface area contributed by atoms with Crippen molar-refractivity contribution in [3.8, 4) is 5.75 Å². The van der Waals surface area contributed by atoms with Crippen LogP contribution in [0.2, 0.25) is 5.02 Å². The van der Waals surface area contributed by atoms with E-state index in [0.717, 1.165) is 49.2 Å². The highest BCUT2D eigenvalue weighted by Gasteiger charge is 2.19. The van der Waals surface area contributed by atoms with Gasteiger partial charge in [0.05, 0.1) is 11.6 Å². The summed E-state index contributed by atoms with van der Waals surface area (Å²) in [5, 5.41) is 4.20. The van der Waals surface area contributed by atoms with Crippen LogP contribution in [-0.4, -0.2) is 19.7 Å². The van der Waals surface area contributed by atoms with Gasteiger partial charge in [0.1, 0.15) is 5.75 Å². The standard InChI is InChI=1S/C14H18ClNO/c15-13-9-11(7-10-1-4-16-5-2-10)8-12-3-6-17-14(12)13/h8-10,16H,1-7H2. The molecule has 3 rings (SSSR count). The summed E-state index contributed by atoms with van der Waals surface area (Å²) >= 11 is 6.26. The van der Waals surface area contributed by atoms with Gasteiger partial charge < -0.3 is 10.1 Å². The Hall–Kier alpha value is -0.730. The second-order valence-corrected chi connectivity index (χ2v) is 5.47. The molecule has 17 heavy (non-hydrogen) atoms. The van der Waals surface area contributed by atoms with Crippen molar-refractivity contribution in [2.24, 2.45) is 5.92 Å². The Bertz CT molecular complexity index is 413. The summed E-state index contributed by atoms with van der Waals surface area (Å²) in [6, 6.07) is 4.38. The number of ether oxygens (including phenoxy) is 1. The number of hydrogen-bond donors (Lipinski definition) is 1. The van der Waals surface area contributed by atoms with Crippen LogP contribution in [0.15, 0.2) is 12.1 Å². The van der Waals surface area contributed by atoms with E-state index in [1.807, 2.05) is 0 Å². The van der Waals surface area contributed by atoms with Gasteiger partial charge >= 0.3 is 0 Å². The molecule has 1 fully saturated rings. The first-order chi connectivity index (χ1) is 8.33. The van der Waals surface area contributed by atoms with E-state index in [9.17, 15) is 0 Å². The summed E-state index contributed by atoms with van der Waals surface area (Å²) in [5.74, 6) is 1.73. The molecule has 2 heterocycles. The largest absolute Gasteiger partial charge is 0.491 e. The summed E-state index contributed by atoms with van der Waals surface area (Å²) in [7, 11) is 0. The van der Waals surface area contributed by atoms with Crippen molar-refractivity contribution >= 4 is 11.6 Å². The Labute approximate surface area is 107 Å². The molecular weight excluding hydrogens is 234 g/mol. The molecule has 1 aromatic carbocycles. The van der Waals surface area contributed by atoms with E-state index in [-0.39, 0.29) is 0 Å². The molecule has 0 bridgehead atoms. The SMILES string of the molecule is Clc1cc(CC2CCNCC2)cc2c1OCC2. The number of nitrogens with one attached hydrogen (secondary N) is 1. The van der Waals surface area contributed by atoms with Gasteiger partial charge in [-0.2, -0.15) is 0 Å². The Morgan fingerprint density at radius 3 is 2.94 bits per heavy atom. The lowest BCUT2D eigenvalue weighted by molar-refractivity contribution is 0.356. The minimum atomic E-state index is 0.784. The zero-order chi connectivity index (χ0) is 11.7. The fraction of sp³-hybridized carbons (Fsp3) is 0.571. The van der Waals surface area contributed by atoms with E-state index < -0.39 is 0 Å². The second-order valence-electron chi connectivity index (χ2n) is 5.06. The molecule has 2 aliphatic heterocycles. The normalized spacial score (nSPS) is 20.1. The van der Waals surface area contributed by atoms with E-state index in [1.54, 1.807) is 0 Å². The molecule has 0 unspecified atom stereocenters. The molecule has 0 saturated carbocycles. The monoisotopic (exact) mass is 251 g/mol. The third-order valence-corrected chi connectivity index (χ3v) is 4.06. The van der Waals surface area contributed by atoms with Gasteiger partial charge in [-0.15, -0.1) is 0 Å². The molecule has 2 aliphatic rings. The lowest BCUT2D eigenvalue weighted by atomic mass is 9.90. The Morgan fingerprint density at radius 1 is 1.29 bits per heavy atom. The number of rotatable bonds is 2. The van der Waals surface area contributed by atoms with Crippen molar-refractivity contribution in [2.75, 3.05) is 19.7 Å². The molecule has 3 heteroatoms. The van der Waals surface area contributed by atoms with Gasteiger partial charge in [-0.25, -0.2) is 0 Å². The van der Waals surface area contributed by atoms with E-state index in [2.05, 4.69) is 17.4 Å². The average Bonchev–Trinajstić information content (AvgIpc) is 2.79. The summed E-state index contributed by atoms with van der Waals surface area (Å²) in [5.41, 5.74) is 2.67. The van der Waals surface area contributed by atoms with Crippen molar-refractivity contribution in [1.82, 2.24) is 5.32 Å². The van der Waals surface area contributed by atoms with Crippen LogP contribution in [0.3, 0.4) is 0 Å². The van der Waals surface area contributed by atoms with Gasteiger partial charge in [0.15, 0.2) is 0 Å². The first kappa shape index (κ1) is 11.4. The first-order valence-electron chi connectivity index (χ1n) is 6.48. The third-order valence-electron chi connectivity index (χ3n) is 3.78. The zero-order valence-electron chi connectivity index (χ0n) is 9.97. The average molecular weight is 252 g/mol. The minimum Gasteiger partial charge on any atom is -0.491 e. The molecule has 1 saturated heterocycles. The molecule has 0 atom stereocenters. The predicted molar refractivity (Wildman–Crippen MR) is 69.9 cm³/mol. The summed E-state index contributed by atoms with van der Waals surface area (Å²) < 4.78 is 5.53. The highest BCUT2D eigenvalue weighted by molar-refractivity contribution is 6.32. The van der Waals surface area contributed by atoms with Crippen molar-refractivity contribution < 1.29 is 4.74 Å². The van der Waals surface area contributed by atoms with Gasteiger partial charge in [-0.3, -0.25) is 0 Å². The molecule has 0 amide bonds. The molecular formula is C14H18ClNO. The zero-order valence-corrected chi connectivity index (χ0v) is 10.7. The first-order valence-corrected chi connectivity index (χ1v) is 6.85. The topological polar surface area (TPSA) is 21.3 Å². The van der Waals surface area contributed by atoms with Crippen LogP contribution in [0.1, 0.15) is 24.0 Å². The lowest BCUT2D eigenvalue weighted by Crippen LogP contribution is -2.28. The van der Waals surface area contributed by atoms with Crippen LogP contribution < -0.4 is 10.1 Å². The lowest BCUT2D eigenvalue weighted by Gasteiger charge is -2.22. The minimum absolute atomic E-state index is 0.784. The number of piperidine rings is 1. The third kappa shape index (κ3) is 2.43. The smallest absolute Gasteiger partial charge is 0.141 e. The molecule has 0 aromatic heterocycles. The maximum absolute atomic E-state index is 6.26. The van der Waals surface area contributed by atoms with Crippen molar-refractivity contribution in [2.45, 2.75) is 25.7 Å². The molecule has 2 nitrogen and oxygen atoms in total. The fourth-order valence-electron chi connectivity index (χ4n) is 2.86. The highest BCUT2D eigenvalue weighted by Crippen LogP contribution is 2.35. The van der Waals surface area contributed by atoms with Crippen LogP contribution in [-0.2, 0) is 12.8 Å². The van der Waals surface area contributed by atoms with Crippen LogP contribution in [0.4, 0.5) is 0 Å². The predicted octanol–water partition coefficient (Wildman–Crippen LogP) is 2.82. The van der Waals surface area contributed by atoms with Crippen molar-refractivity contribution in [3.63, 3.8) is 0 Å². The van der Waals surface area contributed by atoms with Gasteiger partial charge in [-0.1, -0.05) is 17.7 Å². The summed E-state index contributed by atoms with van der Waals surface area (Å²) in [4.78, 5) is 0. The van der Waals surface area contributed by atoms with Crippen LogP contribution in [0, 0.1) is 5.92 Å². The van der Waals surface area contributed by atoms with Gasteiger partial charge in [-0.05, 0) is 55.5 Å². The quantitative estimate of drug-likeness (QED) is 0.873. The van der Waals surface area contributed by atoms with E-state index in [0.29, 0.717) is 0 Å². The van der Waals surface area contributed by atoms with E-state index in [4.69, 9.17) is 16.3 Å². The highest BCUT2D eigenvalue weighted by atomic mass is 35.5. The number of halogens is 1. The van der Waals surface area contributed by atoms with Gasteiger partial charge in [0, 0.05) is 6.42 Å².